The summed E-state index contributed by atoms with van der Waals surface area (Å²) in [5.74, 6) is -0.0579. The normalized spacial score (nSPS) is 10.2. The Morgan fingerprint density at radius 1 is 0.929 bits per heavy atom. The van der Waals surface area contributed by atoms with Gasteiger partial charge in [-0.2, -0.15) is 0 Å². The third-order valence-electron chi connectivity index (χ3n) is 4.08. The van der Waals surface area contributed by atoms with Crippen molar-refractivity contribution >= 4 is 33.4 Å². The minimum absolute atomic E-state index is 0.208. The van der Waals surface area contributed by atoms with E-state index in [1.165, 1.54) is 7.11 Å². The van der Waals surface area contributed by atoms with Gasteiger partial charge in [-0.3, -0.25) is 9.59 Å². The van der Waals surface area contributed by atoms with E-state index in [-0.39, 0.29) is 11.8 Å². The van der Waals surface area contributed by atoms with Crippen LogP contribution in [0.25, 0.3) is 0 Å². The van der Waals surface area contributed by atoms with Crippen LogP contribution >= 0.6 is 15.9 Å². The van der Waals surface area contributed by atoms with Crippen LogP contribution < -0.4 is 15.4 Å². The van der Waals surface area contributed by atoms with Gasteiger partial charge in [0.15, 0.2) is 0 Å². The molecule has 3 aromatic rings. The molecule has 0 aliphatic rings. The van der Waals surface area contributed by atoms with Crippen molar-refractivity contribution in [1.82, 2.24) is 5.32 Å². The molecule has 3 aromatic carbocycles. The third-order valence-corrected chi connectivity index (χ3v) is 4.58. The molecule has 0 aromatic heterocycles. The summed E-state index contributed by atoms with van der Waals surface area (Å²) >= 11 is 3.36. The van der Waals surface area contributed by atoms with Gasteiger partial charge >= 0.3 is 0 Å². The molecule has 0 saturated heterocycles. The van der Waals surface area contributed by atoms with Crippen LogP contribution in [0.5, 0.6) is 5.75 Å². The number of nitrogens with one attached hydrogen (secondary N) is 2. The molecule has 0 radical (unpaired) electrons. The number of hydrogen-bond acceptors (Lipinski definition) is 3. The van der Waals surface area contributed by atoms with E-state index in [4.69, 9.17) is 4.74 Å². The van der Waals surface area contributed by atoms with Gasteiger partial charge in [-0.15, -0.1) is 0 Å². The number of benzene rings is 3. The summed E-state index contributed by atoms with van der Waals surface area (Å²) in [7, 11) is 1.51. The molecule has 0 aliphatic carbocycles. The fraction of sp³-hybridized carbons (Fsp3) is 0.0909. The Bertz CT molecular complexity index is 990. The molecule has 3 rings (SSSR count). The highest BCUT2D eigenvalue weighted by Crippen LogP contribution is 2.24. The van der Waals surface area contributed by atoms with Crippen molar-refractivity contribution in [2.24, 2.45) is 0 Å². The maximum absolute atomic E-state index is 12.6. The Morgan fingerprint density at radius 3 is 2.46 bits per heavy atom. The average molecular weight is 439 g/mol. The molecular formula is C22H19BrN2O3. The average Bonchev–Trinajstić information content (AvgIpc) is 2.73. The van der Waals surface area contributed by atoms with Crippen molar-refractivity contribution in [3.8, 4) is 5.75 Å². The Morgan fingerprint density at radius 2 is 1.71 bits per heavy atom. The first-order chi connectivity index (χ1) is 13.6. The summed E-state index contributed by atoms with van der Waals surface area (Å²) < 4.78 is 6.02. The van der Waals surface area contributed by atoms with Crippen LogP contribution in [0.15, 0.2) is 77.3 Å². The van der Waals surface area contributed by atoms with Crippen molar-refractivity contribution in [2.45, 2.75) is 6.54 Å². The standard InChI is InChI=1S/C22H19BrN2O3/c1-28-20-11-10-17(23)13-19(20)22(27)25-18-9-5-8-16(12-18)21(26)24-14-15-6-3-2-4-7-15/h2-13H,14H2,1H3,(H,24,26)(H,25,27). The second kappa shape index (κ2) is 9.19. The molecule has 6 heteroatoms. The maximum atomic E-state index is 12.6. The summed E-state index contributed by atoms with van der Waals surface area (Å²) in [5, 5.41) is 5.68. The molecule has 142 valence electrons. The molecule has 2 N–H and O–H groups in total. The van der Waals surface area contributed by atoms with Gasteiger partial charge in [-0.1, -0.05) is 52.3 Å². The summed E-state index contributed by atoms with van der Waals surface area (Å²) in [5.41, 5.74) is 2.41. The number of hydrogen-bond donors (Lipinski definition) is 2. The maximum Gasteiger partial charge on any atom is 0.259 e. The summed E-state index contributed by atoms with van der Waals surface area (Å²) in [6, 6.07) is 21.7. The molecule has 2 amide bonds. The Balaban J connectivity index is 1.70. The van der Waals surface area contributed by atoms with E-state index in [0.29, 0.717) is 29.1 Å². The monoisotopic (exact) mass is 438 g/mol. The number of carbonyl (C=O) groups is 2. The van der Waals surface area contributed by atoms with Gasteiger partial charge in [0.05, 0.1) is 12.7 Å². The lowest BCUT2D eigenvalue weighted by Gasteiger charge is -2.11. The van der Waals surface area contributed by atoms with Crippen LogP contribution in [0, 0.1) is 0 Å². The van der Waals surface area contributed by atoms with Crippen molar-refractivity contribution in [3.63, 3.8) is 0 Å². The molecule has 0 bridgehead atoms. The van der Waals surface area contributed by atoms with Gasteiger partial charge in [-0.05, 0) is 42.0 Å². The SMILES string of the molecule is COc1ccc(Br)cc1C(=O)Nc1cccc(C(=O)NCc2ccccc2)c1. The summed E-state index contributed by atoms with van der Waals surface area (Å²) in [6.07, 6.45) is 0. The number of carbonyl (C=O) groups excluding carboxylic acids is 2. The molecular weight excluding hydrogens is 420 g/mol. The van der Waals surface area contributed by atoms with Crippen molar-refractivity contribution in [3.05, 3.63) is 94.0 Å². The second-order valence-electron chi connectivity index (χ2n) is 6.05. The zero-order chi connectivity index (χ0) is 19.9. The van der Waals surface area contributed by atoms with Crippen LogP contribution in [0.2, 0.25) is 0 Å². The van der Waals surface area contributed by atoms with Crippen LogP contribution in [-0.4, -0.2) is 18.9 Å². The second-order valence-corrected chi connectivity index (χ2v) is 6.96. The third kappa shape index (κ3) is 4.98. The van der Waals surface area contributed by atoms with E-state index in [1.54, 1.807) is 42.5 Å². The van der Waals surface area contributed by atoms with E-state index >= 15 is 0 Å². The van der Waals surface area contributed by atoms with Gasteiger partial charge in [0.1, 0.15) is 5.75 Å². The first-order valence-corrected chi connectivity index (χ1v) is 9.43. The Kier molecular flexibility index (Phi) is 6.45. The smallest absolute Gasteiger partial charge is 0.259 e. The topological polar surface area (TPSA) is 67.4 Å². The molecule has 0 saturated carbocycles. The van der Waals surface area contributed by atoms with Gasteiger partial charge < -0.3 is 15.4 Å². The number of rotatable bonds is 6. The summed E-state index contributed by atoms with van der Waals surface area (Å²) in [4.78, 5) is 25.0. The Labute approximate surface area is 171 Å². The predicted molar refractivity (Wildman–Crippen MR) is 113 cm³/mol. The number of ether oxygens (including phenoxy) is 1. The van der Waals surface area contributed by atoms with Gasteiger partial charge in [-0.25, -0.2) is 0 Å². The zero-order valence-electron chi connectivity index (χ0n) is 15.2. The quantitative estimate of drug-likeness (QED) is 0.588. The van der Waals surface area contributed by atoms with Crippen LogP contribution in [0.3, 0.4) is 0 Å². The molecule has 0 atom stereocenters. The number of anilines is 1. The van der Waals surface area contributed by atoms with Crippen molar-refractivity contribution in [2.75, 3.05) is 12.4 Å². The minimum atomic E-state index is -0.319. The molecule has 0 heterocycles. The van der Waals surface area contributed by atoms with E-state index in [2.05, 4.69) is 26.6 Å². The first kappa shape index (κ1) is 19.6. The van der Waals surface area contributed by atoms with Crippen LogP contribution in [-0.2, 0) is 6.54 Å². The van der Waals surface area contributed by atoms with Gasteiger partial charge in [0, 0.05) is 22.3 Å². The predicted octanol–water partition coefficient (Wildman–Crippen LogP) is 4.64. The largest absolute Gasteiger partial charge is 0.496 e. The number of amides is 2. The van der Waals surface area contributed by atoms with E-state index < -0.39 is 0 Å². The molecule has 0 fully saturated rings. The van der Waals surface area contributed by atoms with Crippen LogP contribution in [0.1, 0.15) is 26.3 Å². The highest BCUT2D eigenvalue weighted by molar-refractivity contribution is 9.10. The van der Waals surface area contributed by atoms with Gasteiger partial charge in [0.25, 0.3) is 11.8 Å². The van der Waals surface area contributed by atoms with Crippen LogP contribution in [0.4, 0.5) is 5.69 Å². The lowest BCUT2D eigenvalue weighted by molar-refractivity contribution is 0.0949. The molecule has 0 spiro atoms. The molecule has 0 aliphatic heterocycles. The minimum Gasteiger partial charge on any atom is -0.496 e. The molecule has 0 unspecified atom stereocenters. The van der Waals surface area contributed by atoms with E-state index in [1.807, 2.05) is 30.3 Å². The highest BCUT2D eigenvalue weighted by Gasteiger charge is 2.14. The molecule has 28 heavy (non-hydrogen) atoms. The van der Waals surface area contributed by atoms with Crippen molar-refractivity contribution in [1.29, 1.82) is 0 Å². The van der Waals surface area contributed by atoms with E-state index in [9.17, 15) is 9.59 Å². The lowest BCUT2D eigenvalue weighted by atomic mass is 10.1. The van der Waals surface area contributed by atoms with Crippen molar-refractivity contribution < 1.29 is 14.3 Å². The number of methoxy groups -OCH3 is 1. The summed E-state index contributed by atoms with van der Waals surface area (Å²) in [6.45, 7) is 0.436. The Hall–Kier alpha value is -3.12. The fourth-order valence-electron chi connectivity index (χ4n) is 2.67. The van der Waals surface area contributed by atoms with E-state index in [0.717, 1.165) is 10.0 Å². The van der Waals surface area contributed by atoms with Gasteiger partial charge in [0.2, 0.25) is 0 Å². The number of halogens is 1. The highest BCUT2D eigenvalue weighted by atomic mass is 79.9. The fourth-order valence-corrected chi connectivity index (χ4v) is 3.04. The lowest BCUT2D eigenvalue weighted by Crippen LogP contribution is -2.23. The zero-order valence-corrected chi connectivity index (χ0v) is 16.8. The first-order valence-electron chi connectivity index (χ1n) is 8.64. The molecule has 5 nitrogen and oxygen atoms in total.